The van der Waals surface area contributed by atoms with Crippen molar-refractivity contribution in [2.24, 2.45) is 0 Å². The molecule has 31 heavy (non-hydrogen) atoms. The second-order valence-electron chi connectivity index (χ2n) is 9.14. The monoisotopic (exact) mass is 456 g/mol. The molecule has 0 aliphatic carbocycles. The molecule has 0 fully saturated rings. The summed E-state index contributed by atoms with van der Waals surface area (Å²) in [5.74, 6) is -0.842. The Hall–Kier alpha value is -2.10. The van der Waals surface area contributed by atoms with Crippen molar-refractivity contribution < 1.29 is 8.78 Å². The van der Waals surface area contributed by atoms with Crippen LogP contribution in [0.5, 0.6) is 0 Å². The van der Waals surface area contributed by atoms with E-state index in [1.165, 1.54) is 23.9 Å². The average Bonchev–Trinajstić information content (AvgIpc) is 3.10. The fraction of sp³-hybridized carbons (Fsp3) is 0.400. The van der Waals surface area contributed by atoms with Crippen LogP contribution < -0.4 is 0 Å². The Morgan fingerprint density at radius 3 is 2.10 bits per heavy atom. The summed E-state index contributed by atoms with van der Waals surface area (Å²) in [5, 5.41) is 10.1. The number of fused-ring (bicyclic) bond motifs is 1. The molecule has 0 saturated carbocycles. The van der Waals surface area contributed by atoms with Crippen LogP contribution in [0.25, 0.3) is 10.9 Å². The van der Waals surface area contributed by atoms with Crippen LogP contribution in [0, 0.1) is 29.9 Å². The van der Waals surface area contributed by atoms with Gasteiger partial charge in [-0.25, -0.2) is 8.78 Å². The maximum Gasteiger partial charge on any atom is 0.169 e. The standard InChI is InChI=1S/C25H30F2N2SSi/c1-15(2)31(16(3)4,17(5)6)29-11-10-21-18(7)25(23(27)13-24(21)29)30-20-8-9-22(26)19(12-20)14-28/h8-13,15-17H,1-7H3. The number of hydrogen-bond acceptors (Lipinski definition) is 2. The molecule has 2 aromatic carbocycles. The fourth-order valence-corrected chi connectivity index (χ4v) is 13.0. The van der Waals surface area contributed by atoms with Gasteiger partial charge in [-0.1, -0.05) is 53.3 Å². The van der Waals surface area contributed by atoms with Crippen LogP contribution in [0.2, 0.25) is 16.6 Å². The highest BCUT2D eigenvalue weighted by Crippen LogP contribution is 2.45. The van der Waals surface area contributed by atoms with Crippen molar-refractivity contribution in [2.75, 3.05) is 0 Å². The van der Waals surface area contributed by atoms with Gasteiger partial charge in [0.1, 0.15) is 17.7 Å². The Balaban J connectivity index is 2.18. The number of hydrogen-bond donors (Lipinski definition) is 0. The number of benzene rings is 2. The van der Waals surface area contributed by atoms with Crippen LogP contribution in [0.1, 0.15) is 52.7 Å². The van der Waals surface area contributed by atoms with E-state index in [1.807, 2.05) is 13.0 Å². The quantitative estimate of drug-likeness (QED) is 0.349. The molecule has 2 nitrogen and oxygen atoms in total. The van der Waals surface area contributed by atoms with Crippen LogP contribution >= 0.6 is 11.8 Å². The van der Waals surface area contributed by atoms with Crippen LogP contribution in [0.4, 0.5) is 8.78 Å². The molecule has 0 radical (unpaired) electrons. The van der Waals surface area contributed by atoms with E-state index < -0.39 is 14.1 Å². The van der Waals surface area contributed by atoms with E-state index in [0.29, 0.717) is 26.4 Å². The Morgan fingerprint density at radius 2 is 1.55 bits per heavy atom. The highest BCUT2D eigenvalue weighted by molar-refractivity contribution is 7.99. The fourth-order valence-electron chi connectivity index (χ4n) is 5.46. The number of aromatic nitrogens is 1. The van der Waals surface area contributed by atoms with Crippen LogP contribution in [-0.4, -0.2) is 12.5 Å². The predicted molar refractivity (Wildman–Crippen MR) is 128 cm³/mol. The predicted octanol–water partition coefficient (Wildman–Crippen LogP) is 8.27. The van der Waals surface area contributed by atoms with E-state index in [4.69, 9.17) is 5.26 Å². The summed E-state index contributed by atoms with van der Waals surface area (Å²) in [6, 6.07) is 9.94. The smallest absolute Gasteiger partial charge is 0.169 e. The van der Waals surface area contributed by atoms with Crippen LogP contribution in [-0.2, 0) is 0 Å². The van der Waals surface area contributed by atoms with Crippen molar-refractivity contribution >= 4 is 30.9 Å². The SMILES string of the molecule is Cc1c(Sc2ccc(F)c(C#N)c2)c(F)cc2c1ccn2[Si](C(C)C)(C(C)C)C(C)C. The zero-order valence-corrected chi connectivity index (χ0v) is 21.1. The molecule has 3 aromatic rings. The van der Waals surface area contributed by atoms with Gasteiger partial charge in [0.05, 0.1) is 10.5 Å². The number of rotatable bonds is 6. The first kappa shape index (κ1) is 23.6. The van der Waals surface area contributed by atoms with Gasteiger partial charge in [0.15, 0.2) is 8.24 Å². The topological polar surface area (TPSA) is 28.7 Å². The molecule has 0 bridgehead atoms. The second kappa shape index (κ2) is 8.80. The van der Waals surface area contributed by atoms with Crippen molar-refractivity contribution in [1.29, 1.82) is 5.26 Å². The molecule has 0 unspecified atom stereocenters. The van der Waals surface area contributed by atoms with Gasteiger partial charge in [0.2, 0.25) is 0 Å². The highest BCUT2D eigenvalue weighted by atomic mass is 32.2. The Morgan fingerprint density at radius 1 is 0.935 bits per heavy atom. The second-order valence-corrected chi connectivity index (χ2v) is 15.9. The number of nitrogens with zero attached hydrogens (tertiary/aromatic N) is 2. The molecule has 6 heteroatoms. The minimum atomic E-state index is -2.01. The summed E-state index contributed by atoms with van der Waals surface area (Å²) >= 11 is 1.24. The summed E-state index contributed by atoms with van der Waals surface area (Å²) < 4.78 is 31.5. The maximum atomic E-state index is 15.4. The molecule has 0 N–H and O–H groups in total. The van der Waals surface area contributed by atoms with E-state index in [1.54, 1.807) is 12.1 Å². The minimum absolute atomic E-state index is 0.0307. The maximum absolute atomic E-state index is 15.4. The average molecular weight is 457 g/mol. The molecule has 164 valence electrons. The van der Waals surface area contributed by atoms with E-state index in [-0.39, 0.29) is 11.4 Å². The number of aryl methyl sites for hydroxylation is 1. The summed E-state index contributed by atoms with van der Waals surface area (Å²) in [5.41, 5.74) is 3.31. The van der Waals surface area contributed by atoms with Crippen molar-refractivity contribution in [1.82, 2.24) is 4.23 Å². The molecule has 3 rings (SSSR count). The van der Waals surface area contributed by atoms with Gasteiger partial charge in [-0.2, -0.15) is 5.26 Å². The van der Waals surface area contributed by atoms with Crippen molar-refractivity contribution in [3.63, 3.8) is 0 Å². The van der Waals surface area contributed by atoms with E-state index in [2.05, 4.69) is 58.0 Å². The Labute approximate surface area is 189 Å². The highest BCUT2D eigenvalue weighted by Gasteiger charge is 2.45. The lowest BCUT2D eigenvalue weighted by molar-refractivity contribution is 0.601. The first-order chi connectivity index (χ1) is 14.5. The first-order valence-electron chi connectivity index (χ1n) is 10.7. The lowest BCUT2D eigenvalue weighted by Gasteiger charge is -2.44. The van der Waals surface area contributed by atoms with Gasteiger partial charge in [0.25, 0.3) is 0 Å². The van der Waals surface area contributed by atoms with Crippen LogP contribution in [0.3, 0.4) is 0 Å². The van der Waals surface area contributed by atoms with Gasteiger partial charge in [-0.3, -0.25) is 0 Å². The summed E-state index contributed by atoms with van der Waals surface area (Å²) in [6.07, 6.45) is 2.16. The summed E-state index contributed by atoms with van der Waals surface area (Å²) in [7, 11) is -2.01. The third-order valence-corrected chi connectivity index (χ3v) is 14.6. The Bertz CT molecular complexity index is 1140. The van der Waals surface area contributed by atoms with Gasteiger partial charge in [-0.05, 0) is 65.6 Å². The lowest BCUT2D eigenvalue weighted by Crippen LogP contribution is -2.51. The van der Waals surface area contributed by atoms with Crippen molar-refractivity contribution in [3.8, 4) is 6.07 Å². The van der Waals surface area contributed by atoms with E-state index in [9.17, 15) is 4.39 Å². The van der Waals surface area contributed by atoms with Crippen molar-refractivity contribution in [2.45, 2.75) is 74.9 Å². The van der Waals surface area contributed by atoms with Crippen LogP contribution in [0.15, 0.2) is 46.3 Å². The third-order valence-electron chi connectivity index (χ3n) is 6.62. The summed E-state index contributed by atoms with van der Waals surface area (Å²) in [4.78, 5) is 1.17. The zero-order valence-electron chi connectivity index (χ0n) is 19.3. The lowest BCUT2D eigenvalue weighted by atomic mass is 10.1. The zero-order chi connectivity index (χ0) is 23.1. The molecule has 0 spiro atoms. The molecule has 1 heterocycles. The summed E-state index contributed by atoms with van der Waals surface area (Å²) in [6.45, 7) is 15.7. The first-order valence-corrected chi connectivity index (χ1v) is 13.7. The minimum Gasteiger partial charge on any atom is -0.373 e. The van der Waals surface area contributed by atoms with Gasteiger partial charge in [0, 0.05) is 15.8 Å². The van der Waals surface area contributed by atoms with Gasteiger partial charge < -0.3 is 4.23 Å². The molecule has 0 saturated heterocycles. The molecule has 0 amide bonds. The largest absolute Gasteiger partial charge is 0.373 e. The van der Waals surface area contributed by atoms with E-state index >= 15 is 4.39 Å². The molecular weight excluding hydrogens is 426 g/mol. The number of halogens is 2. The molecular formula is C25H30F2N2SSi. The molecule has 0 atom stereocenters. The molecule has 1 aromatic heterocycles. The normalized spacial score (nSPS) is 12.4. The molecule has 0 aliphatic heterocycles. The van der Waals surface area contributed by atoms with Crippen molar-refractivity contribution in [3.05, 3.63) is 59.3 Å². The van der Waals surface area contributed by atoms with Gasteiger partial charge in [-0.15, -0.1) is 0 Å². The van der Waals surface area contributed by atoms with Gasteiger partial charge >= 0.3 is 0 Å². The molecule has 0 aliphatic rings. The van der Waals surface area contributed by atoms with E-state index in [0.717, 1.165) is 16.5 Å². The Kier molecular flexibility index (Phi) is 6.69. The number of nitriles is 1. The third kappa shape index (κ3) is 3.83.